The SMILES string of the molecule is NC1CCCCC1S(=O)c1cccc(Br)c1. The van der Waals surface area contributed by atoms with E-state index in [1.54, 1.807) is 0 Å². The Morgan fingerprint density at radius 2 is 2.06 bits per heavy atom. The van der Waals surface area contributed by atoms with Crippen molar-refractivity contribution in [1.29, 1.82) is 0 Å². The van der Waals surface area contributed by atoms with Crippen molar-refractivity contribution in [3.8, 4) is 0 Å². The molecule has 4 heteroatoms. The van der Waals surface area contributed by atoms with Crippen molar-refractivity contribution in [3.05, 3.63) is 28.7 Å². The van der Waals surface area contributed by atoms with Gasteiger partial charge in [-0.15, -0.1) is 0 Å². The summed E-state index contributed by atoms with van der Waals surface area (Å²) in [7, 11) is -0.965. The fourth-order valence-corrected chi connectivity index (χ4v) is 4.35. The topological polar surface area (TPSA) is 43.1 Å². The first-order valence-electron chi connectivity index (χ1n) is 5.60. The Hall–Kier alpha value is -0.190. The lowest BCUT2D eigenvalue weighted by atomic mass is 9.96. The fourth-order valence-electron chi connectivity index (χ4n) is 2.16. The summed E-state index contributed by atoms with van der Waals surface area (Å²) in [6, 6.07) is 7.81. The van der Waals surface area contributed by atoms with Gasteiger partial charge in [-0.3, -0.25) is 4.21 Å². The highest BCUT2D eigenvalue weighted by Gasteiger charge is 2.27. The predicted molar refractivity (Wildman–Crippen MR) is 70.8 cm³/mol. The van der Waals surface area contributed by atoms with Crippen molar-refractivity contribution in [1.82, 2.24) is 0 Å². The molecule has 3 unspecified atom stereocenters. The van der Waals surface area contributed by atoms with Crippen LogP contribution in [-0.4, -0.2) is 15.5 Å². The van der Waals surface area contributed by atoms with Crippen molar-refractivity contribution < 1.29 is 4.21 Å². The molecule has 2 nitrogen and oxygen atoms in total. The van der Waals surface area contributed by atoms with E-state index in [1.807, 2.05) is 24.3 Å². The number of hydrogen-bond donors (Lipinski definition) is 1. The molecule has 88 valence electrons. The van der Waals surface area contributed by atoms with Crippen LogP contribution in [0.1, 0.15) is 25.7 Å². The van der Waals surface area contributed by atoms with Crippen LogP contribution in [0.15, 0.2) is 33.6 Å². The van der Waals surface area contributed by atoms with Crippen LogP contribution in [0.2, 0.25) is 0 Å². The quantitative estimate of drug-likeness (QED) is 0.913. The van der Waals surface area contributed by atoms with E-state index < -0.39 is 10.8 Å². The molecule has 2 rings (SSSR count). The van der Waals surface area contributed by atoms with E-state index in [4.69, 9.17) is 5.73 Å². The average molecular weight is 302 g/mol. The van der Waals surface area contributed by atoms with Gasteiger partial charge in [0.15, 0.2) is 0 Å². The number of halogens is 1. The molecule has 2 N–H and O–H groups in total. The molecule has 1 aliphatic rings. The largest absolute Gasteiger partial charge is 0.327 e. The second-order valence-corrected chi connectivity index (χ2v) is 6.83. The number of benzene rings is 1. The van der Waals surface area contributed by atoms with Crippen LogP contribution in [0.25, 0.3) is 0 Å². The zero-order valence-electron chi connectivity index (χ0n) is 9.06. The molecule has 1 fully saturated rings. The first-order chi connectivity index (χ1) is 7.68. The van der Waals surface area contributed by atoms with Crippen LogP contribution in [0.3, 0.4) is 0 Å². The van der Waals surface area contributed by atoms with Crippen LogP contribution in [0.5, 0.6) is 0 Å². The number of hydrogen-bond acceptors (Lipinski definition) is 2. The minimum absolute atomic E-state index is 0.0913. The molecule has 0 aliphatic heterocycles. The first kappa shape index (κ1) is 12.3. The number of nitrogens with two attached hydrogens (primary N) is 1. The normalized spacial score (nSPS) is 27.6. The Labute approximate surface area is 107 Å². The van der Waals surface area contributed by atoms with Gasteiger partial charge in [0, 0.05) is 15.4 Å². The third-order valence-electron chi connectivity index (χ3n) is 3.06. The van der Waals surface area contributed by atoms with Gasteiger partial charge in [0.25, 0.3) is 0 Å². The molecule has 0 heterocycles. The summed E-state index contributed by atoms with van der Waals surface area (Å²) >= 11 is 3.40. The van der Waals surface area contributed by atoms with E-state index in [-0.39, 0.29) is 11.3 Å². The highest BCUT2D eigenvalue weighted by Crippen LogP contribution is 2.26. The fraction of sp³-hybridized carbons (Fsp3) is 0.500. The van der Waals surface area contributed by atoms with E-state index in [0.29, 0.717) is 0 Å². The van der Waals surface area contributed by atoms with E-state index in [9.17, 15) is 4.21 Å². The van der Waals surface area contributed by atoms with Gasteiger partial charge in [0.1, 0.15) is 0 Å². The van der Waals surface area contributed by atoms with Gasteiger partial charge in [-0.1, -0.05) is 34.8 Å². The van der Waals surface area contributed by atoms with Crippen LogP contribution in [0, 0.1) is 0 Å². The van der Waals surface area contributed by atoms with Gasteiger partial charge >= 0.3 is 0 Å². The van der Waals surface area contributed by atoms with Gasteiger partial charge in [-0.05, 0) is 31.0 Å². The Morgan fingerprint density at radius 3 is 2.75 bits per heavy atom. The molecule has 0 aromatic heterocycles. The molecule has 0 saturated heterocycles. The summed E-state index contributed by atoms with van der Waals surface area (Å²) in [5.74, 6) is 0. The summed E-state index contributed by atoms with van der Waals surface area (Å²) in [4.78, 5) is 0.886. The van der Waals surface area contributed by atoms with Crippen molar-refractivity contribution in [3.63, 3.8) is 0 Å². The van der Waals surface area contributed by atoms with Crippen LogP contribution in [-0.2, 0) is 10.8 Å². The van der Waals surface area contributed by atoms with E-state index in [2.05, 4.69) is 15.9 Å². The molecule has 1 aromatic rings. The van der Waals surface area contributed by atoms with Gasteiger partial charge < -0.3 is 5.73 Å². The van der Waals surface area contributed by atoms with Crippen LogP contribution in [0.4, 0.5) is 0 Å². The molecule has 0 radical (unpaired) electrons. The maximum Gasteiger partial charge on any atom is 0.0576 e. The molecular formula is C12H16BrNOS. The van der Waals surface area contributed by atoms with Gasteiger partial charge in [0.05, 0.1) is 16.0 Å². The molecule has 3 atom stereocenters. The molecule has 0 bridgehead atoms. The summed E-state index contributed by atoms with van der Waals surface area (Å²) in [5.41, 5.74) is 6.05. The standard InChI is InChI=1S/C12H16BrNOS/c13-9-4-3-5-10(8-9)16(15)12-7-2-1-6-11(12)14/h3-5,8,11-12H,1-2,6-7,14H2. The average Bonchev–Trinajstić information content (AvgIpc) is 2.29. The molecule has 0 amide bonds. The summed E-state index contributed by atoms with van der Waals surface area (Å²) in [6.45, 7) is 0. The molecular weight excluding hydrogens is 286 g/mol. The zero-order valence-corrected chi connectivity index (χ0v) is 11.5. The molecule has 1 aliphatic carbocycles. The third-order valence-corrected chi connectivity index (χ3v) is 5.40. The maximum atomic E-state index is 12.4. The van der Waals surface area contributed by atoms with Crippen molar-refractivity contribution in [2.24, 2.45) is 5.73 Å². The summed E-state index contributed by atoms with van der Waals surface area (Å²) in [5, 5.41) is 0.128. The van der Waals surface area contributed by atoms with Crippen molar-refractivity contribution in [2.75, 3.05) is 0 Å². The second-order valence-electron chi connectivity index (χ2n) is 4.24. The van der Waals surface area contributed by atoms with E-state index in [0.717, 1.165) is 28.6 Å². The van der Waals surface area contributed by atoms with Crippen LogP contribution < -0.4 is 5.73 Å². The van der Waals surface area contributed by atoms with Gasteiger partial charge in [-0.2, -0.15) is 0 Å². The Kier molecular flexibility index (Phi) is 4.16. The first-order valence-corrected chi connectivity index (χ1v) is 7.61. The monoisotopic (exact) mass is 301 g/mol. The van der Waals surface area contributed by atoms with Gasteiger partial charge in [-0.25, -0.2) is 0 Å². The van der Waals surface area contributed by atoms with Crippen molar-refractivity contribution in [2.45, 2.75) is 41.9 Å². The minimum Gasteiger partial charge on any atom is -0.327 e. The van der Waals surface area contributed by atoms with E-state index in [1.165, 1.54) is 6.42 Å². The Morgan fingerprint density at radius 1 is 1.31 bits per heavy atom. The predicted octanol–water partition coefficient (Wildman–Crippen LogP) is 2.83. The maximum absolute atomic E-state index is 12.4. The second kappa shape index (κ2) is 5.43. The summed E-state index contributed by atoms with van der Waals surface area (Å²) < 4.78 is 13.3. The highest BCUT2D eigenvalue weighted by molar-refractivity contribution is 9.10. The lowest BCUT2D eigenvalue weighted by Crippen LogP contribution is -2.40. The van der Waals surface area contributed by atoms with Crippen molar-refractivity contribution >= 4 is 26.7 Å². The lowest BCUT2D eigenvalue weighted by molar-refractivity contribution is 0.445. The lowest BCUT2D eigenvalue weighted by Gasteiger charge is -2.27. The van der Waals surface area contributed by atoms with Crippen LogP contribution >= 0.6 is 15.9 Å². The smallest absolute Gasteiger partial charge is 0.0576 e. The minimum atomic E-state index is -0.965. The highest BCUT2D eigenvalue weighted by atomic mass is 79.9. The summed E-state index contributed by atoms with van der Waals surface area (Å²) in [6.07, 6.45) is 4.32. The number of rotatable bonds is 2. The molecule has 16 heavy (non-hydrogen) atoms. The Balaban J connectivity index is 2.17. The van der Waals surface area contributed by atoms with Gasteiger partial charge in [0.2, 0.25) is 0 Å². The molecule has 1 aromatic carbocycles. The zero-order chi connectivity index (χ0) is 11.5. The van der Waals surface area contributed by atoms with E-state index >= 15 is 0 Å². The Bertz CT molecular complexity index is 396. The third kappa shape index (κ3) is 2.73. The molecule has 0 spiro atoms. The molecule has 1 saturated carbocycles.